The van der Waals surface area contributed by atoms with Crippen molar-refractivity contribution >= 4 is 33.1 Å². The van der Waals surface area contributed by atoms with Crippen LogP contribution in [0.1, 0.15) is 16.9 Å². The first kappa shape index (κ1) is 14.3. The predicted molar refractivity (Wildman–Crippen MR) is 77.6 cm³/mol. The molecule has 0 aliphatic carbocycles. The number of nitrogens with one attached hydrogen (secondary N) is 1. The van der Waals surface area contributed by atoms with Gasteiger partial charge in [-0.2, -0.15) is 11.8 Å². The van der Waals surface area contributed by atoms with Gasteiger partial charge in [-0.15, -0.1) is 11.3 Å². The average molecular weight is 306 g/mol. The molecule has 1 aromatic heterocycles. The summed E-state index contributed by atoms with van der Waals surface area (Å²) in [6.45, 7) is 2.83. The summed E-state index contributed by atoms with van der Waals surface area (Å²) < 4.78 is 27.3. The molecule has 0 radical (unpaired) electrons. The molecule has 1 aliphatic rings. The number of hydrogen-bond donors (Lipinski definition) is 2. The molecule has 0 aromatic carbocycles. The summed E-state index contributed by atoms with van der Waals surface area (Å²) in [5.74, 6) is 2.67. The van der Waals surface area contributed by atoms with Crippen LogP contribution < -0.4 is 10.5 Å². The van der Waals surface area contributed by atoms with Gasteiger partial charge in [0.25, 0.3) is 0 Å². The summed E-state index contributed by atoms with van der Waals surface area (Å²) in [5, 5.41) is 0. The average Bonchev–Trinajstić information content (AvgIpc) is 2.95. The van der Waals surface area contributed by atoms with Crippen molar-refractivity contribution in [2.24, 2.45) is 11.7 Å². The van der Waals surface area contributed by atoms with Crippen LogP contribution >= 0.6 is 23.1 Å². The van der Waals surface area contributed by atoms with E-state index in [0.29, 0.717) is 23.2 Å². The van der Waals surface area contributed by atoms with Gasteiger partial charge in [0.05, 0.1) is 0 Å². The Morgan fingerprint density at radius 2 is 2.33 bits per heavy atom. The fraction of sp³-hybridized carbons (Fsp3) is 0.636. The molecule has 1 fully saturated rings. The smallest absolute Gasteiger partial charge is 0.250 e. The van der Waals surface area contributed by atoms with E-state index in [1.807, 2.05) is 18.7 Å². The fourth-order valence-electron chi connectivity index (χ4n) is 1.87. The summed E-state index contributed by atoms with van der Waals surface area (Å²) in [5.41, 5.74) is 6.53. The Bertz CT molecular complexity index is 504. The van der Waals surface area contributed by atoms with Gasteiger partial charge in [0.1, 0.15) is 4.21 Å². The lowest BCUT2D eigenvalue weighted by Gasteiger charge is -2.09. The van der Waals surface area contributed by atoms with E-state index in [-0.39, 0.29) is 0 Å². The molecule has 1 unspecified atom stereocenters. The lowest BCUT2D eigenvalue weighted by atomic mass is 10.1. The van der Waals surface area contributed by atoms with Crippen LogP contribution in [0.2, 0.25) is 0 Å². The maximum absolute atomic E-state index is 12.1. The van der Waals surface area contributed by atoms with Crippen LogP contribution in [0.25, 0.3) is 0 Å². The molecule has 4 nitrogen and oxygen atoms in total. The zero-order valence-corrected chi connectivity index (χ0v) is 12.8. The van der Waals surface area contributed by atoms with Crippen molar-refractivity contribution in [3.05, 3.63) is 16.5 Å². The molecule has 0 saturated carbocycles. The molecule has 0 amide bonds. The molecule has 1 aliphatic heterocycles. The summed E-state index contributed by atoms with van der Waals surface area (Å²) in [4.78, 5) is 0.937. The second-order valence-electron chi connectivity index (χ2n) is 4.46. The highest BCUT2D eigenvalue weighted by Crippen LogP contribution is 2.26. The highest BCUT2D eigenvalue weighted by atomic mass is 32.2. The molecule has 1 atom stereocenters. The minimum absolute atomic E-state index is 0.381. The van der Waals surface area contributed by atoms with Gasteiger partial charge in [-0.1, -0.05) is 0 Å². The van der Waals surface area contributed by atoms with E-state index < -0.39 is 10.0 Å². The van der Waals surface area contributed by atoms with Crippen LogP contribution in [0.5, 0.6) is 0 Å². The van der Waals surface area contributed by atoms with Crippen LogP contribution in [0.4, 0.5) is 0 Å². The van der Waals surface area contributed by atoms with E-state index in [0.717, 1.165) is 28.4 Å². The SMILES string of the molecule is Cc1cc(S(=O)(=O)NCC2CCSC2)sc1CN. The maximum Gasteiger partial charge on any atom is 0.250 e. The molecular formula is C11H18N2O2S3. The molecule has 0 bridgehead atoms. The summed E-state index contributed by atoms with van der Waals surface area (Å²) in [6.07, 6.45) is 1.10. The van der Waals surface area contributed by atoms with E-state index in [1.54, 1.807) is 6.07 Å². The second-order valence-corrected chi connectivity index (χ2v) is 8.74. The second kappa shape index (κ2) is 5.92. The van der Waals surface area contributed by atoms with Crippen molar-refractivity contribution in [3.8, 4) is 0 Å². The Morgan fingerprint density at radius 1 is 1.56 bits per heavy atom. The molecule has 0 spiro atoms. The number of hydrogen-bond acceptors (Lipinski definition) is 5. The Hall–Kier alpha value is -0.0800. The lowest BCUT2D eigenvalue weighted by Crippen LogP contribution is -2.28. The van der Waals surface area contributed by atoms with Gasteiger partial charge in [0.2, 0.25) is 10.0 Å². The van der Waals surface area contributed by atoms with Gasteiger partial charge < -0.3 is 5.73 Å². The third-order valence-corrected chi connectivity index (χ3v) is 7.42. The Labute approximate surface area is 116 Å². The van der Waals surface area contributed by atoms with Crippen LogP contribution in [-0.4, -0.2) is 26.5 Å². The van der Waals surface area contributed by atoms with E-state index in [4.69, 9.17) is 5.73 Å². The molecular weight excluding hydrogens is 288 g/mol. The third-order valence-electron chi connectivity index (χ3n) is 3.03. The molecule has 2 heterocycles. The number of nitrogens with two attached hydrogens (primary N) is 1. The Kier molecular flexibility index (Phi) is 4.71. The number of sulfonamides is 1. The lowest BCUT2D eigenvalue weighted by molar-refractivity contribution is 0.547. The first-order chi connectivity index (χ1) is 8.53. The molecule has 1 saturated heterocycles. The maximum atomic E-state index is 12.1. The van der Waals surface area contributed by atoms with E-state index in [2.05, 4.69) is 4.72 Å². The summed E-state index contributed by atoms with van der Waals surface area (Å²) in [7, 11) is -3.36. The quantitative estimate of drug-likeness (QED) is 0.866. The Morgan fingerprint density at radius 3 is 2.89 bits per heavy atom. The normalized spacial score (nSPS) is 20.4. The molecule has 1 aromatic rings. The van der Waals surface area contributed by atoms with Crippen LogP contribution in [0.3, 0.4) is 0 Å². The fourth-order valence-corrected chi connectivity index (χ4v) is 5.78. The zero-order chi connectivity index (χ0) is 13.2. The van der Waals surface area contributed by atoms with Gasteiger partial charge in [0, 0.05) is 18.0 Å². The van der Waals surface area contributed by atoms with Crippen molar-refractivity contribution in [2.45, 2.75) is 24.1 Å². The molecule has 2 rings (SSSR count). The van der Waals surface area contributed by atoms with Crippen molar-refractivity contribution in [1.82, 2.24) is 4.72 Å². The largest absolute Gasteiger partial charge is 0.326 e. The van der Waals surface area contributed by atoms with Crippen molar-refractivity contribution in [2.75, 3.05) is 18.1 Å². The van der Waals surface area contributed by atoms with Gasteiger partial charge in [0.15, 0.2) is 0 Å². The number of thioether (sulfide) groups is 1. The van der Waals surface area contributed by atoms with Crippen LogP contribution in [-0.2, 0) is 16.6 Å². The van der Waals surface area contributed by atoms with E-state index in [9.17, 15) is 8.42 Å². The monoisotopic (exact) mass is 306 g/mol. The molecule has 3 N–H and O–H groups in total. The standard InChI is InChI=1S/C11H18N2O2S3/c1-8-4-11(17-10(8)5-12)18(14,15)13-6-9-2-3-16-7-9/h4,9,13H,2-3,5-7,12H2,1H3. The van der Waals surface area contributed by atoms with Gasteiger partial charge in [-0.3, -0.25) is 0 Å². The first-order valence-electron chi connectivity index (χ1n) is 5.89. The predicted octanol–water partition coefficient (Wildman–Crippen LogP) is 1.55. The van der Waals surface area contributed by atoms with Crippen molar-refractivity contribution < 1.29 is 8.42 Å². The third kappa shape index (κ3) is 3.27. The molecule has 18 heavy (non-hydrogen) atoms. The summed E-state index contributed by atoms with van der Waals surface area (Å²) in [6, 6.07) is 1.71. The topological polar surface area (TPSA) is 72.2 Å². The van der Waals surface area contributed by atoms with Gasteiger partial charge in [-0.05, 0) is 42.4 Å². The number of thiophene rings is 1. The van der Waals surface area contributed by atoms with Gasteiger partial charge in [-0.25, -0.2) is 13.1 Å². The number of rotatable bonds is 5. The highest BCUT2D eigenvalue weighted by Gasteiger charge is 2.22. The van der Waals surface area contributed by atoms with Gasteiger partial charge >= 0.3 is 0 Å². The van der Waals surface area contributed by atoms with E-state index in [1.165, 1.54) is 11.3 Å². The minimum atomic E-state index is -3.36. The molecule has 7 heteroatoms. The van der Waals surface area contributed by atoms with Crippen LogP contribution in [0.15, 0.2) is 10.3 Å². The minimum Gasteiger partial charge on any atom is -0.326 e. The Balaban J connectivity index is 2.04. The number of aryl methyl sites for hydroxylation is 1. The highest BCUT2D eigenvalue weighted by molar-refractivity contribution is 7.99. The zero-order valence-electron chi connectivity index (χ0n) is 10.3. The van der Waals surface area contributed by atoms with Crippen molar-refractivity contribution in [1.29, 1.82) is 0 Å². The first-order valence-corrected chi connectivity index (χ1v) is 9.35. The van der Waals surface area contributed by atoms with Crippen LogP contribution in [0, 0.1) is 12.8 Å². The molecule has 102 valence electrons. The van der Waals surface area contributed by atoms with Crippen molar-refractivity contribution in [3.63, 3.8) is 0 Å². The summed E-state index contributed by atoms with van der Waals surface area (Å²) >= 11 is 3.16. The van der Waals surface area contributed by atoms with E-state index >= 15 is 0 Å².